The van der Waals surface area contributed by atoms with Crippen LogP contribution in [0.1, 0.15) is 24.5 Å². The summed E-state index contributed by atoms with van der Waals surface area (Å²) in [5, 5.41) is 11.1. The molecule has 0 unspecified atom stereocenters. The van der Waals surface area contributed by atoms with Gasteiger partial charge in [0, 0.05) is 13.0 Å². The number of aryl methyl sites for hydroxylation is 1. The van der Waals surface area contributed by atoms with E-state index in [0.717, 1.165) is 31.0 Å². The van der Waals surface area contributed by atoms with E-state index in [2.05, 4.69) is 15.5 Å². The molecule has 8 nitrogen and oxygen atoms in total. The van der Waals surface area contributed by atoms with Crippen molar-refractivity contribution >= 4 is 17.5 Å². The molecular formula is C17H19N5O3. The fourth-order valence-corrected chi connectivity index (χ4v) is 3.21. The molecular weight excluding hydrogens is 322 g/mol. The summed E-state index contributed by atoms with van der Waals surface area (Å²) in [5.41, 5.74) is 0.628. The highest BCUT2D eigenvalue weighted by molar-refractivity contribution is 6.00. The van der Waals surface area contributed by atoms with Crippen molar-refractivity contribution in [3.63, 3.8) is 0 Å². The van der Waals surface area contributed by atoms with Gasteiger partial charge in [-0.15, -0.1) is 10.2 Å². The predicted octanol–water partition coefficient (Wildman–Crippen LogP) is 0.656. The van der Waals surface area contributed by atoms with Gasteiger partial charge in [-0.05, 0) is 18.6 Å². The van der Waals surface area contributed by atoms with Crippen molar-refractivity contribution in [1.82, 2.24) is 20.1 Å². The second-order valence-corrected chi connectivity index (χ2v) is 6.11. The SMILES string of the molecule is O=C(CN1C(=O)CCOc2ccccc21)NCc1nnc2n1CCC2. The van der Waals surface area contributed by atoms with Crippen LogP contribution in [-0.4, -0.2) is 39.7 Å². The van der Waals surface area contributed by atoms with Gasteiger partial charge < -0.3 is 14.6 Å². The molecule has 0 fully saturated rings. The fourth-order valence-electron chi connectivity index (χ4n) is 3.21. The lowest BCUT2D eigenvalue weighted by Crippen LogP contribution is -2.40. The first-order valence-electron chi connectivity index (χ1n) is 8.42. The summed E-state index contributed by atoms with van der Waals surface area (Å²) in [6.45, 7) is 1.48. The number of rotatable bonds is 4. The third kappa shape index (κ3) is 3.07. The zero-order valence-electron chi connectivity index (χ0n) is 13.8. The molecule has 0 aliphatic carbocycles. The predicted molar refractivity (Wildman–Crippen MR) is 89.1 cm³/mol. The smallest absolute Gasteiger partial charge is 0.240 e. The van der Waals surface area contributed by atoms with Crippen LogP contribution in [0, 0.1) is 0 Å². The lowest BCUT2D eigenvalue weighted by molar-refractivity contribution is -0.124. The fraction of sp³-hybridized carbons (Fsp3) is 0.412. The first kappa shape index (κ1) is 15.6. The maximum atomic E-state index is 12.4. The Morgan fingerprint density at radius 1 is 1.24 bits per heavy atom. The minimum atomic E-state index is -0.236. The number of aromatic nitrogens is 3. The molecule has 0 radical (unpaired) electrons. The molecule has 2 aromatic rings. The first-order chi connectivity index (χ1) is 12.2. The molecule has 0 spiro atoms. The number of nitrogens with one attached hydrogen (secondary N) is 1. The summed E-state index contributed by atoms with van der Waals surface area (Å²) in [7, 11) is 0. The Morgan fingerprint density at radius 2 is 2.12 bits per heavy atom. The second-order valence-electron chi connectivity index (χ2n) is 6.11. The maximum absolute atomic E-state index is 12.4. The third-order valence-electron chi connectivity index (χ3n) is 4.46. The molecule has 3 heterocycles. The first-order valence-corrected chi connectivity index (χ1v) is 8.42. The molecule has 0 atom stereocenters. The van der Waals surface area contributed by atoms with Gasteiger partial charge in [0.05, 0.1) is 25.3 Å². The molecule has 2 aliphatic rings. The summed E-state index contributed by atoms with van der Waals surface area (Å²) in [6.07, 6.45) is 2.24. The molecule has 2 amide bonds. The largest absolute Gasteiger partial charge is 0.491 e. The van der Waals surface area contributed by atoms with Crippen LogP contribution in [0.5, 0.6) is 5.75 Å². The lowest BCUT2D eigenvalue weighted by atomic mass is 10.2. The van der Waals surface area contributed by atoms with Crippen molar-refractivity contribution in [3.05, 3.63) is 35.9 Å². The summed E-state index contributed by atoms with van der Waals surface area (Å²) in [6, 6.07) is 7.26. The van der Waals surface area contributed by atoms with Crippen LogP contribution in [-0.2, 0) is 29.1 Å². The van der Waals surface area contributed by atoms with E-state index in [1.54, 1.807) is 12.1 Å². The summed E-state index contributed by atoms with van der Waals surface area (Å²) in [5.74, 6) is 1.99. The Labute approximate surface area is 144 Å². The van der Waals surface area contributed by atoms with Gasteiger partial charge in [0.15, 0.2) is 5.82 Å². The molecule has 4 rings (SSSR count). The van der Waals surface area contributed by atoms with E-state index in [4.69, 9.17) is 4.74 Å². The monoisotopic (exact) mass is 341 g/mol. The van der Waals surface area contributed by atoms with E-state index in [1.165, 1.54) is 4.90 Å². The highest BCUT2D eigenvalue weighted by Crippen LogP contribution is 2.30. The number of hydrogen-bond acceptors (Lipinski definition) is 5. The molecule has 0 saturated heterocycles. The van der Waals surface area contributed by atoms with Gasteiger partial charge in [-0.25, -0.2) is 0 Å². The number of hydrogen-bond donors (Lipinski definition) is 1. The molecule has 130 valence electrons. The van der Waals surface area contributed by atoms with E-state index in [-0.39, 0.29) is 24.8 Å². The van der Waals surface area contributed by atoms with Crippen LogP contribution in [0.2, 0.25) is 0 Å². The van der Waals surface area contributed by atoms with Gasteiger partial charge in [-0.2, -0.15) is 0 Å². The summed E-state index contributed by atoms with van der Waals surface area (Å²) >= 11 is 0. The van der Waals surface area contributed by atoms with Crippen molar-refractivity contribution in [2.24, 2.45) is 0 Å². The number of carbonyl (C=O) groups is 2. The average molecular weight is 341 g/mol. The molecule has 1 N–H and O–H groups in total. The zero-order valence-corrected chi connectivity index (χ0v) is 13.8. The van der Waals surface area contributed by atoms with Crippen LogP contribution in [0.15, 0.2) is 24.3 Å². The van der Waals surface area contributed by atoms with Gasteiger partial charge in [0.25, 0.3) is 0 Å². The summed E-state index contributed by atoms with van der Waals surface area (Å²) < 4.78 is 7.63. The van der Waals surface area contributed by atoms with Crippen molar-refractivity contribution in [3.8, 4) is 5.75 Å². The Bertz CT molecular complexity index is 816. The number of benzene rings is 1. The molecule has 2 aliphatic heterocycles. The minimum Gasteiger partial charge on any atom is -0.491 e. The van der Waals surface area contributed by atoms with E-state index in [1.807, 2.05) is 16.7 Å². The second kappa shape index (κ2) is 6.54. The third-order valence-corrected chi connectivity index (χ3v) is 4.46. The highest BCUT2D eigenvalue weighted by atomic mass is 16.5. The van der Waals surface area contributed by atoms with Crippen molar-refractivity contribution in [2.45, 2.75) is 32.4 Å². The van der Waals surface area contributed by atoms with Crippen LogP contribution < -0.4 is 15.0 Å². The number of fused-ring (bicyclic) bond motifs is 2. The van der Waals surface area contributed by atoms with Crippen LogP contribution in [0.25, 0.3) is 0 Å². The molecule has 25 heavy (non-hydrogen) atoms. The zero-order chi connectivity index (χ0) is 17.2. The van der Waals surface area contributed by atoms with Gasteiger partial charge >= 0.3 is 0 Å². The maximum Gasteiger partial charge on any atom is 0.240 e. The molecule has 8 heteroatoms. The van der Waals surface area contributed by atoms with Crippen molar-refractivity contribution in [2.75, 3.05) is 18.1 Å². The lowest BCUT2D eigenvalue weighted by Gasteiger charge is -2.21. The number of amides is 2. The quantitative estimate of drug-likeness (QED) is 0.882. The van der Waals surface area contributed by atoms with Crippen LogP contribution in [0.4, 0.5) is 5.69 Å². The number of carbonyl (C=O) groups excluding carboxylic acids is 2. The molecule has 1 aromatic carbocycles. The molecule has 0 bridgehead atoms. The Morgan fingerprint density at radius 3 is 3.04 bits per heavy atom. The van der Waals surface area contributed by atoms with Gasteiger partial charge in [-0.1, -0.05) is 12.1 Å². The van der Waals surface area contributed by atoms with Gasteiger partial charge in [0.2, 0.25) is 11.8 Å². The van der Waals surface area contributed by atoms with E-state index < -0.39 is 0 Å². The van der Waals surface area contributed by atoms with Gasteiger partial charge in [0.1, 0.15) is 18.1 Å². The standard InChI is InChI=1S/C17H19N5O3/c23-16(18-10-15-20-19-14-6-3-8-21(14)15)11-22-12-4-1-2-5-13(12)25-9-7-17(22)24/h1-2,4-5H,3,6-11H2,(H,18,23). The average Bonchev–Trinajstić information content (AvgIpc) is 3.18. The van der Waals surface area contributed by atoms with Crippen molar-refractivity contribution < 1.29 is 14.3 Å². The Balaban J connectivity index is 1.44. The minimum absolute atomic E-state index is 0.0415. The number of nitrogens with zero attached hydrogens (tertiary/aromatic N) is 4. The number of para-hydroxylation sites is 2. The Kier molecular flexibility index (Phi) is 4.09. The van der Waals surface area contributed by atoms with Crippen molar-refractivity contribution in [1.29, 1.82) is 0 Å². The highest BCUT2D eigenvalue weighted by Gasteiger charge is 2.25. The van der Waals surface area contributed by atoms with Crippen LogP contribution in [0.3, 0.4) is 0 Å². The van der Waals surface area contributed by atoms with Crippen LogP contribution >= 0.6 is 0 Å². The molecule has 1 aromatic heterocycles. The Hall–Kier alpha value is -2.90. The number of ether oxygens (including phenoxy) is 1. The number of anilines is 1. The van der Waals surface area contributed by atoms with E-state index >= 15 is 0 Å². The molecule has 0 saturated carbocycles. The van der Waals surface area contributed by atoms with E-state index in [9.17, 15) is 9.59 Å². The van der Waals surface area contributed by atoms with Gasteiger partial charge in [-0.3, -0.25) is 14.5 Å². The normalized spacial score (nSPS) is 16.0. The van der Waals surface area contributed by atoms with E-state index in [0.29, 0.717) is 24.6 Å². The summed E-state index contributed by atoms with van der Waals surface area (Å²) in [4.78, 5) is 26.2. The topological polar surface area (TPSA) is 89.3 Å².